The van der Waals surface area contributed by atoms with Gasteiger partial charge in [-0.15, -0.1) is 0 Å². The van der Waals surface area contributed by atoms with Gasteiger partial charge in [0.05, 0.1) is 10.5 Å². The monoisotopic (exact) mass is 515 g/mol. The first-order valence-corrected chi connectivity index (χ1v) is 10.6. The van der Waals surface area contributed by atoms with E-state index in [1.807, 2.05) is 13.0 Å². The van der Waals surface area contributed by atoms with Gasteiger partial charge in [-0.3, -0.25) is 14.9 Å². The van der Waals surface area contributed by atoms with Crippen LogP contribution in [-0.4, -0.2) is 10.8 Å². The zero-order chi connectivity index (χ0) is 26.6. The van der Waals surface area contributed by atoms with Crippen molar-refractivity contribution in [1.29, 1.82) is 5.26 Å². The summed E-state index contributed by atoms with van der Waals surface area (Å²) in [4.78, 5) is 23.2. The number of ether oxygens (including phenoxy) is 1. The van der Waals surface area contributed by atoms with E-state index >= 15 is 0 Å². The Hall–Kier alpha value is -4.36. The largest absolute Gasteiger partial charge is 0.449 e. The van der Waals surface area contributed by atoms with Crippen molar-refractivity contribution in [2.24, 2.45) is 0 Å². The number of benzene rings is 3. The minimum atomic E-state index is -4.79. The molecule has 184 valence electrons. The van der Waals surface area contributed by atoms with Gasteiger partial charge >= 0.3 is 11.9 Å². The fourth-order valence-corrected chi connectivity index (χ4v) is 3.33. The summed E-state index contributed by atoms with van der Waals surface area (Å²) in [6.45, 7) is 3.67. The molecule has 0 atom stereocenters. The van der Waals surface area contributed by atoms with Crippen molar-refractivity contribution in [1.82, 2.24) is 0 Å². The Balaban J connectivity index is 2.00. The predicted molar refractivity (Wildman–Crippen MR) is 128 cm³/mol. The fraction of sp³-hybridized carbons (Fsp3) is 0.120. The third kappa shape index (κ3) is 6.00. The molecule has 1 amide bonds. The fourth-order valence-electron chi connectivity index (χ4n) is 3.15. The molecule has 0 bridgehead atoms. The molecular formula is C25H17ClF3N3O4. The molecule has 0 fully saturated rings. The number of alkyl halides is 3. The number of anilines is 1. The molecule has 3 rings (SSSR count). The van der Waals surface area contributed by atoms with Crippen LogP contribution >= 0.6 is 11.6 Å². The molecule has 3 aromatic rings. The lowest BCUT2D eigenvalue weighted by atomic mass is 10.1. The number of hydrogen-bond donors (Lipinski definition) is 1. The van der Waals surface area contributed by atoms with E-state index in [0.29, 0.717) is 17.8 Å². The van der Waals surface area contributed by atoms with Crippen molar-refractivity contribution in [3.63, 3.8) is 0 Å². The molecular weight excluding hydrogens is 499 g/mol. The van der Waals surface area contributed by atoms with Gasteiger partial charge in [-0.25, -0.2) is 0 Å². The van der Waals surface area contributed by atoms with Crippen molar-refractivity contribution in [2.45, 2.75) is 20.0 Å². The van der Waals surface area contributed by atoms with Gasteiger partial charge in [0, 0.05) is 22.3 Å². The number of nitriles is 1. The number of nitrogens with one attached hydrogen (secondary N) is 1. The Morgan fingerprint density at radius 3 is 2.47 bits per heavy atom. The zero-order valence-corrected chi connectivity index (χ0v) is 19.6. The highest BCUT2D eigenvalue weighted by Crippen LogP contribution is 2.39. The van der Waals surface area contributed by atoms with Crippen LogP contribution in [0.5, 0.6) is 11.5 Å². The first-order valence-electron chi connectivity index (χ1n) is 10.2. The highest BCUT2D eigenvalue weighted by Gasteiger charge is 2.33. The number of halogens is 4. The molecule has 0 radical (unpaired) electrons. The number of hydrogen-bond acceptors (Lipinski definition) is 5. The van der Waals surface area contributed by atoms with Crippen LogP contribution in [-0.2, 0) is 11.0 Å². The number of carbonyl (C=O) groups excluding carboxylic acids is 1. The van der Waals surface area contributed by atoms with Crippen molar-refractivity contribution < 1.29 is 27.6 Å². The minimum Gasteiger partial charge on any atom is -0.449 e. The van der Waals surface area contributed by atoms with Crippen LogP contribution < -0.4 is 10.1 Å². The van der Waals surface area contributed by atoms with Gasteiger partial charge in [0.2, 0.25) is 5.75 Å². The van der Waals surface area contributed by atoms with Crippen LogP contribution in [0.15, 0.2) is 60.2 Å². The van der Waals surface area contributed by atoms with Crippen molar-refractivity contribution in [3.05, 3.63) is 97.6 Å². The lowest BCUT2D eigenvalue weighted by Gasteiger charge is -2.13. The number of aryl methyl sites for hydroxylation is 1. The van der Waals surface area contributed by atoms with Crippen LogP contribution in [0.2, 0.25) is 5.02 Å². The average Bonchev–Trinajstić information content (AvgIpc) is 2.81. The van der Waals surface area contributed by atoms with Crippen LogP contribution in [0, 0.1) is 35.3 Å². The summed E-state index contributed by atoms with van der Waals surface area (Å²) in [5.74, 6) is -1.27. The second kappa shape index (κ2) is 10.5. The highest BCUT2D eigenvalue weighted by molar-refractivity contribution is 6.30. The number of nitrogens with zero attached hydrogens (tertiary/aromatic N) is 2. The predicted octanol–water partition coefficient (Wildman–Crippen LogP) is 7.22. The molecule has 1 N–H and O–H groups in total. The molecule has 0 aliphatic rings. The Kier molecular flexibility index (Phi) is 7.65. The minimum absolute atomic E-state index is 0.0745. The maximum absolute atomic E-state index is 13.0. The lowest BCUT2D eigenvalue weighted by Crippen LogP contribution is -2.14. The molecule has 0 saturated carbocycles. The van der Waals surface area contributed by atoms with E-state index in [0.717, 1.165) is 23.3 Å². The van der Waals surface area contributed by atoms with Crippen molar-refractivity contribution in [3.8, 4) is 17.6 Å². The maximum atomic E-state index is 13.0. The van der Waals surface area contributed by atoms with Gasteiger partial charge in [-0.2, -0.15) is 18.4 Å². The first-order chi connectivity index (χ1) is 16.9. The SMILES string of the molecule is Cc1cccc(NC(=O)/C(C#N)=C/c2cc(Cl)ccc2Oc2ccc(C(F)(F)F)cc2[N+](=O)[O-])c1C. The van der Waals surface area contributed by atoms with E-state index in [1.54, 1.807) is 25.1 Å². The number of nitro benzene ring substituents is 1. The normalized spacial score (nSPS) is 11.5. The summed E-state index contributed by atoms with van der Waals surface area (Å²) in [7, 11) is 0. The summed E-state index contributed by atoms with van der Waals surface area (Å²) in [6.07, 6.45) is -3.63. The molecule has 0 aromatic heterocycles. The quantitative estimate of drug-likeness (QED) is 0.161. The molecule has 0 unspecified atom stereocenters. The van der Waals surface area contributed by atoms with E-state index in [1.165, 1.54) is 18.2 Å². The van der Waals surface area contributed by atoms with Gasteiger partial charge in [0.25, 0.3) is 5.91 Å². The van der Waals surface area contributed by atoms with Gasteiger partial charge in [-0.05, 0) is 67.4 Å². The summed E-state index contributed by atoms with van der Waals surface area (Å²) >= 11 is 6.05. The molecule has 11 heteroatoms. The summed E-state index contributed by atoms with van der Waals surface area (Å²) in [6, 6.07) is 12.9. The van der Waals surface area contributed by atoms with Crippen LogP contribution in [0.4, 0.5) is 24.5 Å². The third-order valence-corrected chi connectivity index (χ3v) is 5.43. The van der Waals surface area contributed by atoms with Crippen LogP contribution in [0.25, 0.3) is 6.08 Å². The Labute approximate surface area is 208 Å². The average molecular weight is 516 g/mol. The number of amides is 1. The molecule has 7 nitrogen and oxygen atoms in total. The molecule has 0 aliphatic carbocycles. The van der Waals surface area contributed by atoms with E-state index < -0.39 is 34.0 Å². The van der Waals surface area contributed by atoms with E-state index in [2.05, 4.69) is 5.32 Å². The van der Waals surface area contributed by atoms with Gasteiger partial charge in [0.1, 0.15) is 17.4 Å². The summed E-state index contributed by atoms with van der Waals surface area (Å²) in [5, 5.41) is 23.8. The topological polar surface area (TPSA) is 105 Å². The van der Waals surface area contributed by atoms with Crippen molar-refractivity contribution >= 4 is 35.0 Å². The van der Waals surface area contributed by atoms with Crippen LogP contribution in [0.3, 0.4) is 0 Å². The smallest absolute Gasteiger partial charge is 0.416 e. The van der Waals surface area contributed by atoms with Gasteiger partial charge in [-0.1, -0.05) is 23.7 Å². The zero-order valence-electron chi connectivity index (χ0n) is 18.8. The maximum Gasteiger partial charge on any atom is 0.416 e. The number of nitro groups is 1. The molecule has 36 heavy (non-hydrogen) atoms. The van der Waals surface area contributed by atoms with E-state index in [4.69, 9.17) is 16.3 Å². The standard InChI is InChI=1S/C25H17ClF3N3O4/c1-14-4-3-5-20(15(14)2)31-24(33)17(13-30)10-16-11-19(26)7-9-22(16)36-23-8-6-18(25(27,28)29)12-21(23)32(34)35/h3-12H,1-2H3,(H,31,33)/b17-10+. The van der Waals surface area contributed by atoms with Gasteiger partial charge in [0.15, 0.2) is 0 Å². The van der Waals surface area contributed by atoms with E-state index in [-0.39, 0.29) is 21.9 Å². The molecule has 3 aromatic carbocycles. The molecule has 0 saturated heterocycles. The number of carbonyl (C=O) groups is 1. The lowest BCUT2D eigenvalue weighted by molar-refractivity contribution is -0.385. The molecule has 0 aliphatic heterocycles. The molecule has 0 spiro atoms. The van der Waals surface area contributed by atoms with Crippen molar-refractivity contribution in [2.75, 3.05) is 5.32 Å². The van der Waals surface area contributed by atoms with Crippen LogP contribution in [0.1, 0.15) is 22.3 Å². The first kappa shape index (κ1) is 26.2. The highest BCUT2D eigenvalue weighted by atomic mass is 35.5. The second-order valence-electron chi connectivity index (χ2n) is 7.59. The Morgan fingerprint density at radius 2 is 1.83 bits per heavy atom. The molecule has 0 heterocycles. The van der Waals surface area contributed by atoms with E-state index in [9.17, 15) is 33.3 Å². The second-order valence-corrected chi connectivity index (χ2v) is 8.03. The Bertz CT molecular complexity index is 1430. The third-order valence-electron chi connectivity index (χ3n) is 5.19. The Morgan fingerprint density at radius 1 is 1.14 bits per heavy atom. The summed E-state index contributed by atoms with van der Waals surface area (Å²) in [5.41, 5.74) is -0.114. The number of rotatable bonds is 6. The van der Waals surface area contributed by atoms with Gasteiger partial charge < -0.3 is 10.1 Å². The summed E-state index contributed by atoms with van der Waals surface area (Å²) < 4.78 is 44.6.